The van der Waals surface area contributed by atoms with E-state index in [1.807, 2.05) is 19.1 Å². The zero-order valence-corrected chi connectivity index (χ0v) is 13.8. The summed E-state index contributed by atoms with van der Waals surface area (Å²) in [5.74, 6) is 0.363. The molecule has 3 rings (SSSR count). The van der Waals surface area contributed by atoms with Gasteiger partial charge >= 0.3 is 0 Å². The summed E-state index contributed by atoms with van der Waals surface area (Å²) in [5, 5.41) is 0. The third-order valence-electron chi connectivity index (χ3n) is 4.25. The number of morpholine rings is 1. The van der Waals surface area contributed by atoms with Gasteiger partial charge in [-0.05, 0) is 42.3 Å². The highest BCUT2D eigenvalue weighted by molar-refractivity contribution is 5.94. The molecular weight excluding hydrogens is 309 g/mol. The first-order valence-electron chi connectivity index (χ1n) is 7.89. The van der Waals surface area contributed by atoms with Crippen molar-refractivity contribution in [2.24, 2.45) is 0 Å². The molecule has 1 fully saturated rings. The number of rotatable bonds is 3. The molecule has 0 N–H and O–H groups in total. The van der Waals surface area contributed by atoms with E-state index in [2.05, 4.69) is 0 Å². The van der Waals surface area contributed by atoms with E-state index in [1.54, 1.807) is 30.2 Å². The van der Waals surface area contributed by atoms with Crippen LogP contribution in [0.1, 0.15) is 27.6 Å². The number of carbonyl (C=O) groups excluding carboxylic acids is 1. The normalized spacial score (nSPS) is 17.6. The largest absolute Gasteiger partial charge is 0.496 e. The number of nitrogens with zero attached hydrogens (tertiary/aromatic N) is 1. The Kier molecular flexibility index (Phi) is 4.81. The van der Waals surface area contributed by atoms with Gasteiger partial charge in [0.25, 0.3) is 5.91 Å². The van der Waals surface area contributed by atoms with Crippen molar-refractivity contribution >= 4 is 5.91 Å². The van der Waals surface area contributed by atoms with Crippen molar-refractivity contribution < 1.29 is 18.7 Å². The second kappa shape index (κ2) is 7.01. The van der Waals surface area contributed by atoms with E-state index in [1.165, 1.54) is 12.1 Å². The van der Waals surface area contributed by atoms with Crippen LogP contribution in [0.5, 0.6) is 5.75 Å². The topological polar surface area (TPSA) is 38.8 Å². The van der Waals surface area contributed by atoms with Gasteiger partial charge in [0, 0.05) is 12.1 Å². The minimum Gasteiger partial charge on any atom is -0.496 e. The fourth-order valence-corrected chi connectivity index (χ4v) is 2.85. The molecule has 1 unspecified atom stereocenters. The average molecular weight is 329 g/mol. The molecule has 0 bridgehead atoms. The van der Waals surface area contributed by atoms with Crippen molar-refractivity contribution in [1.29, 1.82) is 0 Å². The minimum absolute atomic E-state index is 0.0521. The Labute approximate surface area is 140 Å². The first-order valence-corrected chi connectivity index (χ1v) is 7.89. The number of halogens is 1. The lowest BCUT2D eigenvalue weighted by Gasteiger charge is -2.33. The molecule has 0 radical (unpaired) electrons. The molecule has 2 aromatic rings. The maximum atomic E-state index is 13.1. The summed E-state index contributed by atoms with van der Waals surface area (Å²) in [7, 11) is 1.59. The number of carbonyl (C=O) groups is 1. The lowest BCUT2D eigenvalue weighted by molar-refractivity contribution is -0.0228. The highest BCUT2D eigenvalue weighted by Gasteiger charge is 2.26. The van der Waals surface area contributed by atoms with Gasteiger partial charge in [0.15, 0.2) is 0 Å². The molecule has 24 heavy (non-hydrogen) atoms. The van der Waals surface area contributed by atoms with Crippen molar-refractivity contribution in [2.45, 2.75) is 13.0 Å². The Morgan fingerprint density at radius 1 is 1.25 bits per heavy atom. The van der Waals surface area contributed by atoms with Gasteiger partial charge in [0.05, 0.1) is 20.3 Å². The Morgan fingerprint density at radius 2 is 2.00 bits per heavy atom. The summed E-state index contributed by atoms with van der Waals surface area (Å²) >= 11 is 0. The van der Waals surface area contributed by atoms with E-state index in [0.29, 0.717) is 31.0 Å². The molecule has 1 atom stereocenters. The Hall–Kier alpha value is -2.40. The number of methoxy groups -OCH3 is 1. The molecular formula is C19H20FNO3. The Balaban J connectivity index is 1.76. The fourth-order valence-electron chi connectivity index (χ4n) is 2.85. The molecule has 0 saturated carbocycles. The second-order valence-electron chi connectivity index (χ2n) is 5.85. The molecule has 1 aliphatic rings. The average Bonchev–Trinajstić information content (AvgIpc) is 2.62. The molecule has 0 spiro atoms. The molecule has 1 aliphatic heterocycles. The highest BCUT2D eigenvalue weighted by Crippen LogP contribution is 2.25. The maximum absolute atomic E-state index is 13.1. The Bertz CT molecular complexity index is 730. The molecule has 1 heterocycles. The Morgan fingerprint density at radius 3 is 2.71 bits per heavy atom. The van der Waals surface area contributed by atoms with Crippen LogP contribution in [0.2, 0.25) is 0 Å². The van der Waals surface area contributed by atoms with E-state index in [0.717, 1.165) is 11.1 Å². The summed E-state index contributed by atoms with van der Waals surface area (Å²) in [6.45, 7) is 3.37. The van der Waals surface area contributed by atoms with Crippen LogP contribution < -0.4 is 4.74 Å². The van der Waals surface area contributed by atoms with Crippen molar-refractivity contribution in [3.05, 3.63) is 65.0 Å². The lowest BCUT2D eigenvalue weighted by Crippen LogP contribution is -2.42. The maximum Gasteiger partial charge on any atom is 0.254 e. The van der Waals surface area contributed by atoms with Crippen molar-refractivity contribution in [2.75, 3.05) is 26.8 Å². The standard InChI is InChI=1S/C19H20FNO3/c1-13-3-4-15(11-17(13)23-2)19(22)21-9-10-24-18(12-21)14-5-7-16(20)8-6-14/h3-8,11,18H,9-10,12H2,1-2H3. The molecule has 1 amide bonds. The van der Waals surface area contributed by atoms with Crippen LogP contribution in [0.4, 0.5) is 4.39 Å². The number of benzene rings is 2. The molecule has 0 aromatic heterocycles. The first-order chi connectivity index (χ1) is 11.6. The van der Waals surface area contributed by atoms with E-state index >= 15 is 0 Å². The lowest BCUT2D eigenvalue weighted by atomic mass is 10.1. The summed E-state index contributed by atoms with van der Waals surface area (Å²) in [6, 6.07) is 11.7. The number of ether oxygens (including phenoxy) is 2. The zero-order chi connectivity index (χ0) is 17.1. The summed E-state index contributed by atoms with van der Waals surface area (Å²) < 4.78 is 24.1. The second-order valence-corrected chi connectivity index (χ2v) is 5.85. The molecule has 1 saturated heterocycles. The van der Waals surface area contributed by atoms with Crippen LogP contribution >= 0.6 is 0 Å². The van der Waals surface area contributed by atoms with Crippen molar-refractivity contribution in [1.82, 2.24) is 4.90 Å². The highest BCUT2D eigenvalue weighted by atomic mass is 19.1. The zero-order valence-electron chi connectivity index (χ0n) is 13.8. The molecule has 5 heteroatoms. The van der Waals surface area contributed by atoms with Crippen LogP contribution in [0.25, 0.3) is 0 Å². The van der Waals surface area contributed by atoms with Crippen LogP contribution in [-0.4, -0.2) is 37.6 Å². The number of hydrogen-bond acceptors (Lipinski definition) is 3. The van der Waals surface area contributed by atoms with Crippen LogP contribution in [-0.2, 0) is 4.74 Å². The smallest absolute Gasteiger partial charge is 0.254 e. The molecule has 126 valence electrons. The number of aryl methyl sites for hydroxylation is 1. The van der Waals surface area contributed by atoms with E-state index in [9.17, 15) is 9.18 Å². The third kappa shape index (κ3) is 3.41. The van der Waals surface area contributed by atoms with Gasteiger partial charge in [-0.15, -0.1) is 0 Å². The monoisotopic (exact) mass is 329 g/mol. The molecule has 0 aliphatic carbocycles. The summed E-state index contributed by atoms with van der Waals surface area (Å²) in [5.41, 5.74) is 2.45. The summed E-state index contributed by atoms with van der Waals surface area (Å²) in [4.78, 5) is 14.5. The molecule has 2 aromatic carbocycles. The van der Waals surface area contributed by atoms with Crippen LogP contribution in [0.15, 0.2) is 42.5 Å². The van der Waals surface area contributed by atoms with E-state index < -0.39 is 0 Å². The van der Waals surface area contributed by atoms with Crippen LogP contribution in [0, 0.1) is 12.7 Å². The summed E-state index contributed by atoms with van der Waals surface area (Å²) in [6.07, 6.45) is -0.240. The van der Waals surface area contributed by atoms with Gasteiger partial charge in [0.2, 0.25) is 0 Å². The SMILES string of the molecule is COc1cc(C(=O)N2CCOC(c3ccc(F)cc3)C2)ccc1C. The van der Waals surface area contributed by atoms with Crippen LogP contribution in [0.3, 0.4) is 0 Å². The van der Waals surface area contributed by atoms with Gasteiger partial charge in [-0.3, -0.25) is 4.79 Å². The van der Waals surface area contributed by atoms with Gasteiger partial charge in [-0.1, -0.05) is 18.2 Å². The van der Waals surface area contributed by atoms with E-state index in [-0.39, 0.29) is 17.8 Å². The van der Waals surface area contributed by atoms with Gasteiger partial charge in [-0.25, -0.2) is 4.39 Å². The minimum atomic E-state index is -0.283. The van der Waals surface area contributed by atoms with Crippen molar-refractivity contribution in [3.8, 4) is 5.75 Å². The fraction of sp³-hybridized carbons (Fsp3) is 0.316. The predicted molar refractivity (Wildman–Crippen MR) is 88.7 cm³/mol. The van der Waals surface area contributed by atoms with Gasteiger partial charge in [0.1, 0.15) is 17.7 Å². The van der Waals surface area contributed by atoms with Crippen molar-refractivity contribution in [3.63, 3.8) is 0 Å². The van der Waals surface area contributed by atoms with Gasteiger partial charge < -0.3 is 14.4 Å². The number of amides is 1. The third-order valence-corrected chi connectivity index (χ3v) is 4.25. The molecule has 4 nitrogen and oxygen atoms in total. The van der Waals surface area contributed by atoms with E-state index in [4.69, 9.17) is 9.47 Å². The first kappa shape index (κ1) is 16.5. The predicted octanol–water partition coefficient (Wildman–Crippen LogP) is 3.36. The van der Waals surface area contributed by atoms with Gasteiger partial charge in [-0.2, -0.15) is 0 Å². The quantitative estimate of drug-likeness (QED) is 0.867. The number of hydrogen-bond donors (Lipinski definition) is 0.